The molecule has 1 saturated carbocycles. The molecule has 1 rings (SSSR count). The van der Waals surface area contributed by atoms with Crippen LogP contribution in [-0.4, -0.2) is 41.3 Å². The monoisotopic (exact) mass is 366 g/mol. The first-order valence-electron chi connectivity index (χ1n) is 9.78. The molecule has 0 amide bonds. The molecule has 0 aromatic rings. The molecule has 1 fully saturated rings. The smallest absolute Gasteiger partial charge is 0.305 e. The van der Waals surface area contributed by atoms with Gasteiger partial charge in [0.05, 0.1) is 19.3 Å². The molecule has 1 aliphatic rings. The van der Waals surface area contributed by atoms with E-state index in [0.29, 0.717) is 19.3 Å². The van der Waals surface area contributed by atoms with Crippen LogP contribution < -0.4 is 0 Å². The maximum atomic E-state index is 12.1. The Labute approximate surface area is 157 Å². The van der Waals surface area contributed by atoms with E-state index in [1.807, 2.05) is 12.2 Å². The summed E-state index contributed by atoms with van der Waals surface area (Å²) in [5.41, 5.74) is 0. The van der Waals surface area contributed by atoms with Crippen LogP contribution >= 0.6 is 0 Å². The van der Waals surface area contributed by atoms with Crippen LogP contribution in [0.4, 0.5) is 0 Å². The van der Waals surface area contributed by atoms with Crippen LogP contribution in [0.1, 0.15) is 64.7 Å². The van der Waals surface area contributed by atoms with E-state index < -0.39 is 12.2 Å². The van der Waals surface area contributed by atoms with Crippen molar-refractivity contribution in [2.24, 2.45) is 11.8 Å². The molecule has 148 valence electrons. The fraction of sp³-hybridized carbons (Fsp3) is 0.714. The van der Waals surface area contributed by atoms with Gasteiger partial charge in [-0.3, -0.25) is 9.59 Å². The number of hydrogen-bond donors (Lipinski definition) is 2. The molecule has 0 aromatic carbocycles. The first kappa shape index (κ1) is 22.6. The Hall–Kier alpha value is -1.46. The molecule has 4 atom stereocenters. The number of hydrogen-bond acceptors (Lipinski definition) is 5. The lowest BCUT2D eigenvalue weighted by atomic mass is 9.90. The molecule has 0 spiro atoms. The van der Waals surface area contributed by atoms with Gasteiger partial charge < -0.3 is 14.9 Å². The van der Waals surface area contributed by atoms with Gasteiger partial charge in [0.2, 0.25) is 0 Å². The Balaban J connectivity index is 2.46. The van der Waals surface area contributed by atoms with Crippen molar-refractivity contribution in [1.29, 1.82) is 0 Å². The third-order valence-electron chi connectivity index (χ3n) is 4.94. The van der Waals surface area contributed by atoms with Crippen molar-refractivity contribution in [3.8, 4) is 0 Å². The third kappa shape index (κ3) is 8.28. The number of unbranched alkanes of at least 4 members (excludes halogenated alkanes) is 3. The van der Waals surface area contributed by atoms with Gasteiger partial charge in [-0.15, -0.1) is 0 Å². The zero-order valence-electron chi connectivity index (χ0n) is 16.1. The van der Waals surface area contributed by atoms with Crippen molar-refractivity contribution in [3.05, 3.63) is 24.3 Å². The van der Waals surface area contributed by atoms with Crippen LogP contribution in [0.5, 0.6) is 0 Å². The Morgan fingerprint density at radius 1 is 1.31 bits per heavy atom. The van der Waals surface area contributed by atoms with Crippen molar-refractivity contribution >= 4 is 11.8 Å². The highest BCUT2D eigenvalue weighted by Gasteiger charge is 2.39. The van der Waals surface area contributed by atoms with Crippen LogP contribution in [0, 0.1) is 11.8 Å². The largest absolute Gasteiger partial charge is 0.469 e. The highest BCUT2D eigenvalue weighted by molar-refractivity contribution is 5.86. The van der Waals surface area contributed by atoms with Crippen LogP contribution in [-0.2, 0) is 14.3 Å². The second-order valence-electron chi connectivity index (χ2n) is 7.05. The van der Waals surface area contributed by atoms with E-state index in [9.17, 15) is 19.8 Å². The lowest BCUT2D eigenvalue weighted by molar-refractivity contribution is -0.140. The molecule has 5 heteroatoms. The molecule has 2 N–H and O–H groups in total. The summed E-state index contributed by atoms with van der Waals surface area (Å²) in [6.07, 6.45) is 12.9. The predicted octanol–water partition coefficient (Wildman–Crippen LogP) is 3.34. The zero-order chi connectivity index (χ0) is 19.4. The van der Waals surface area contributed by atoms with E-state index in [1.54, 1.807) is 12.2 Å². The molecule has 2 unspecified atom stereocenters. The highest BCUT2D eigenvalue weighted by atomic mass is 16.5. The molecule has 26 heavy (non-hydrogen) atoms. The fourth-order valence-corrected chi connectivity index (χ4v) is 3.31. The molecule has 0 bridgehead atoms. The zero-order valence-corrected chi connectivity index (χ0v) is 16.1. The maximum Gasteiger partial charge on any atom is 0.305 e. The van der Waals surface area contributed by atoms with Crippen LogP contribution in [0.3, 0.4) is 0 Å². The summed E-state index contributed by atoms with van der Waals surface area (Å²) in [5.74, 6) is -0.638. The standard InChI is InChI=1S/C21H34O5/c1-3-4-7-10-16(22)13-14-18-17(19(23)15-20(18)24)11-8-5-6-9-12-21(25)26-2/h5,8,13-14,16-19,22-23H,3-4,6-7,9-12,15H2,1-2H3/b8-5-,14-13+/t16?,17-,18-,19?/m1/s1. The summed E-state index contributed by atoms with van der Waals surface area (Å²) in [7, 11) is 1.38. The molecule has 0 heterocycles. The molecule has 5 nitrogen and oxygen atoms in total. The summed E-state index contributed by atoms with van der Waals surface area (Å²) < 4.78 is 4.59. The number of ketones is 1. The van der Waals surface area contributed by atoms with Crippen LogP contribution in [0.25, 0.3) is 0 Å². The number of carbonyl (C=O) groups is 2. The number of methoxy groups -OCH3 is 1. The maximum absolute atomic E-state index is 12.1. The van der Waals surface area contributed by atoms with Gasteiger partial charge in [0.15, 0.2) is 0 Å². The van der Waals surface area contributed by atoms with Gasteiger partial charge in [-0.05, 0) is 25.7 Å². The predicted molar refractivity (Wildman–Crippen MR) is 102 cm³/mol. The fourth-order valence-electron chi connectivity index (χ4n) is 3.31. The lowest BCUT2D eigenvalue weighted by Crippen LogP contribution is -2.19. The molecular weight excluding hydrogens is 332 g/mol. The minimum atomic E-state index is -0.630. The first-order valence-corrected chi connectivity index (χ1v) is 9.78. The minimum Gasteiger partial charge on any atom is -0.469 e. The highest BCUT2D eigenvalue weighted by Crippen LogP contribution is 2.33. The van der Waals surface area contributed by atoms with Gasteiger partial charge in [-0.2, -0.15) is 0 Å². The number of allylic oxidation sites excluding steroid dienone is 3. The summed E-state index contributed by atoms with van der Waals surface area (Å²) in [4.78, 5) is 23.2. The van der Waals surface area contributed by atoms with E-state index in [2.05, 4.69) is 11.7 Å². The minimum absolute atomic E-state index is 0.0404. The molecular formula is C21H34O5. The Morgan fingerprint density at radius 2 is 2.08 bits per heavy atom. The summed E-state index contributed by atoms with van der Waals surface area (Å²) in [6, 6.07) is 0. The normalized spacial score (nSPS) is 24.6. The van der Waals surface area contributed by atoms with E-state index in [-0.39, 0.29) is 30.0 Å². The summed E-state index contributed by atoms with van der Waals surface area (Å²) >= 11 is 0. The van der Waals surface area contributed by atoms with E-state index >= 15 is 0 Å². The van der Waals surface area contributed by atoms with Crippen molar-refractivity contribution in [3.63, 3.8) is 0 Å². The van der Waals surface area contributed by atoms with Gasteiger partial charge in [0, 0.05) is 24.7 Å². The third-order valence-corrected chi connectivity index (χ3v) is 4.94. The molecule has 0 aromatic heterocycles. The van der Waals surface area contributed by atoms with Gasteiger partial charge >= 0.3 is 5.97 Å². The van der Waals surface area contributed by atoms with Crippen molar-refractivity contribution in [1.82, 2.24) is 0 Å². The first-order chi connectivity index (χ1) is 12.5. The van der Waals surface area contributed by atoms with Crippen molar-refractivity contribution in [2.75, 3.05) is 7.11 Å². The van der Waals surface area contributed by atoms with Crippen LogP contribution in [0.15, 0.2) is 24.3 Å². The van der Waals surface area contributed by atoms with E-state index in [4.69, 9.17) is 0 Å². The average molecular weight is 366 g/mol. The Bertz CT molecular complexity index is 483. The number of carbonyl (C=O) groups excluding carboxylic acids is 2. The number of esters is 1. The average Bonchev–Trinajstić information content (AvgIpc) is 2.89. The number of aliphatic hydroxyl groups is 2. The quantitative estimate of drug-likeness (QED) is 0.314. The Morgan fingerprint density at radius 3 is 2.77 bits per heavy atom. The van der Waals surface area contributed by atoms with Crippen molar-refractivity contribution < 1.29 is 24.5 Å². The SMILES string of the molecule is CCCCCC(O)/C=C/[C@H]1C(=O)CC(O)[C@@H]1C/C=C\CCCC(=O)OC. The topological polar surface area (TPSA) is 83.8 Å². The number of ether oxygens (including phenoxy) is 1. The summed E-state index contributed by atoms with van der Waals surface area (Å²) in [6.45, 7) is 2.12. The molecule has 0 radical (unpaired) electrons. The molecule has 0 saturated heterocycles. The van der Waals surface area contributed by atoms with Crippen LogP contribution in [0.2, 0.25) is 0 Å². The Kier molecular flexibility index (Phi) is 11.1. The number of Topliss-reactive ketones (excluding diaryl/α,β-unsaturated/α-hetero) is 1. The number of rotatable bonds is 12. The second-order valence-corrected chi connectivity index (χ2v) is 7.05. The van der Waals surface area contributed by atoms with Gasteiger partial charge in [-0.25, -0.2) is 0 Å². The number of aliphatic hydroxyl groups excluding tert-OH is 2. The van der Waals surface area contributed by atoms with Gasteiger partial charge in [0.1, 0.15) is 5.78 Å². The van der Waals surface area contributed by atoms with Gasteiger partial charge in [0.25, 0.3) is 0 Å². The summed E-state index contributed by atoms with van der Waals surface area (Å²) in [5, 5.41) is 20.2. The van der Waals surface area contributed by atoms with Crippen molar-refractivity contribution in [2.45, 2.75) is 76.9 Å². The molecule has 0 aliphatic heterocycles. The second kappa shape index (κ2) is 12.8. The molecule has 1 aliphatic carbocycles. The van der Waals surface area contributed by atoms with E-state index in [1.165, 1.54) is 7.11 Å². The van der Waals surface area contributed by atoms with Gasteiger partial charge in [-0.1, -0.05) is 50.5 Å². The van der Waals surface area contributed by atoms with E-state index in [0.717, 1.165) is 32.1 Å². The lowest BCUT2D eigenvalue weighted by Gasteiger charge is -2.17.